The molecule has 0 saturated carbocycles. The summed E-state index contributed by atoms with van der Waals surface area (Å²) in [6.07, 6.45) is 0. The standard InChI is InChI=1S/C16H16ClFN2O3/c1-23-15-7-6-12(8-13(15)18)19-16(22)20-14(9-21)10-2-4-11(17)5-3-10/h2-8,14,21H,9H2,1H3,(H2,19,20,22). The van der Waals surface area contributed by atoms with E-state index in [9.17, 15) is 14.3 Å². The number of urea groups is 1. The maximum Gasteiger partial charge on any atom is 0.319 e. The highest BCUT2D eigenvalue weighted by Gasteiger charge is 2.14. The summed E-state index contributed by atoms with van der Waals surface area (Å²) >= 11 is 5.80. The molecule has 1 atom stereocenters. The zero-order valence-electron chi connectivity index (χ0n) is 12.3. The van der Waals surface area contributed by atoms with Crippen LogP contribution in [0.15, 0.2) is 42.5 Å². The van der Waals surface area contributed by atoms with E-state index in [1.54, 1.807) is 24.3 Å². The molecule has 5 nitrogen and oxygen atoms in total. The SMILES string of the molecule is COc1ccc(NC(=O)NC(CO)c2ccc(Cl)cc2)cc1F. The lowest BCUT2D eigenvalue weighted by molar-refractivity contribution is 0.225. The Hall–Kier alpha value is -2.31. The fraction of sp³-hybridized carbons (Fsp3) is 0.188. The van der Waals surface area contributed by atoms with Crippen molar-refractivity contribution < 1.29 is 19.0 Å². The molecule has 0 bridgehead atoms. The maximum absolute atomic E-state index is 13.6. The van der Waals surface area contributed by atoms with Crippen LogP contribution in [0.25, 0.3) is 0 Å². The Balaban J connectivity index is 2.02. The molecule has 122 valence electrons. The number of aliphatic hydroxyl groups is 1. The van der Waals surface area contributed by atoms with Crippen molar-refractivity contribution in [3.8, 4) is 5.75 Å². The molecule has 0 saturated heterocycles. The van der Waals surface area contributed by atoms with Crippen LogP contribution < -0.4 is 15.4 Å². The fourth-order valence-corrected chi connectivity index (χ4v) is 2.13. The molecular weight excluding hydrogens is 323 g/mol. The van der Waals surface area contributed by atoms with E-state index in [0.29, 0.717) is 10.6 Å². The molecule has 2 rings (SSSR count). The predicted molar refractivity (Wildman–Crippen MR) is 86.4 cm³/mol. The third-order valence-electron chi connectivity index (χ3n) is 3.17. The molecule has 0 aromatic heterocycles. The average molecular weight is 339 g/mol. The van der Waals surface area contributed by atoms with Crippen molar-refractivity contribution in [2.75, 3.05) is 19.0 Å². The first-order valence-electron chi connectivity index (χ1n) is 6.81. The van der Waals surface area contributed by atoms with Crippen LogP contribution in [0.3, 0.4) is 0 Å². The van der Waals surface area contributed by atoms with Crippen molar-refractivity contribution in [1.29, 1.82) is 0 Å². The number of rotatable bonds is 5. The first kappa shape index (κ1) is 17.1. The van der Waals surface area contributed by atoms with Crippen LogP contribution in [0.1, 0.15) is 11.6 Å². The average Bonchev–Trinajstić information content (AvgIpc) is 2.54. The number of carbonyl (C=O) groups is 1. The van der Waals surface area contributed by atoms with Crippen LogP contribution >= 0.6 is 11.6 Å². The number of amides is 2. The molecule has 2 aromatic carbocycles. The lowest BCUT2D eigenvalue weighted by atomic mass is 10.1. The molecule has 0 radical (unpaired) electrons. The number of halogens is 2. The lowest BCUT2D eigenvalue weighted by Crippen LogP contribution is -2.34. The summed E-state index contributed by atoms with van der Waals surface area (Å²) < 4.78 is 18.4. The fourth-order valence-electron chi connectivity index (χ4n) is 2.00. The Kier molecular flexibility index (Phi) is 5.78. The van der Waals surface area contributed by atoms with Gasteiger partial charge in [0.05, 0.1) is 19.8 Å². The van der Waals surface area contributed by atoms with Crippen molar-refractivity contribution >= 4 is 23.3 Å². The van der Waals surface area contributed by atoms with Gasteiger partial charge in [0.1, 0.15) is 0 Å². The number of carbonyl (C=O) groups excluding carboxylic acids is 1. The van der Waals surface area contributed by atoms with Crippen molar-refractivity contribution in [3.63, 3.8) is 0 Å². The molecule has 0 aliphatic carbocycles. The van der Waals surface area contributed by atoms with E-state index in [4.69, 9.17) is 16.3 Å². The second kappa shape index (κ2) is 7.80. The molecule has 2 amide bonds. The monoisotopic (exact) mass is 338 g/mol. The summed E-state index contributed by atoms with van der Waals surface area (Å²) in [5.41, 5.74) is 0.974. The zero-order chi connectivity index (χ0) is 16.8. The number of aliphatic hydroxyl groups excluding tert-OH is 1. The van der Waals surface area contributed by atoms with Gasteiger partial charge in [0.15, 0.2) is 11.6 Å². The first-order valence-corrected chi connectivity index (χ1v) is 7.18. The Labute approximate surface area is 138 Å². The van der Waals surface area contributed by atoms with Gasteiger partial charge in [-0.1, -0.05) is 23.7 Å². The maximum atomic E-state index is 13.6. The van der Waals surface area contributed by atoms with Crippen LogP contribution in [0, 0.1) is 5.82 Å². The van der Waals surface area contributed by atoms with Gasteiger partial charge in [0.2, 0.25) is 0 Å². The van der Waals surface area contributed by atoms with Gasteiger partial charge < -0.3 is 20.5 Å². The number of hydrogen-bond acceptors (Lipinski definition) is 3. The Morgan fingerprint density at radius 3 is 2.57 bits per heavy atom. The van der Waals surface area contributed by atoms with E-state index in [0.717, 1.165) is 6.07 Å². The van der Waals surface area contributed by atoms with E-state index in [-0.39, 0.29) is 18.0 Å². The molecule has 0 aliphatic rings. The van der Waals surface area contributed by atoms with E-state index < -0.39 is 17.9 Å². The molecular formula is C16H16ClFN2O3. The van der Waals surface area contributed by atoms with Crippen molar-refractivity contribution in [2.45, 2.75) is 6.04 Å². The largest absolute Gasteiger partial charge is 0.494 e. The van der Waals surface area contributed by atoms with Crippen molar-refractivity contribution in [3.05, 3.63) is 58.9 Å². The number of ether oxygens (including phenoxy) is 1. The molecule has 0 spiro atoms. The molecule has 0 fully saturated rings. The van der Waals surface area contributed by atoms with E-state index in [2.05, 4.69) is 10.6 Å². The number of nitrogens with one attached hydrogen (secondary N) is 2. The normalized spacial score (nSPS) is 11.7. The molecule has 0 aliphatic heterocycles. The van der Waals surface area contributed by atoms with E-state index in [1.165, 1.54) is 19.2 Å². The Bertz CT molecular complexity index is 680. The van der Waals surface area contributed by atoms with Gasteiger partial charge in [0, 0.05) is 16.8 Å². The van der Waals surface area contributed by atoms with Gasteiger partial charge in [-0.2, -0.15) is 0 Å². The van der Waals surface area contributed by atoms with E-state index >= 15 is 0 Å². The summed E-state index contributed by atoms with van der Waals surface area (Å²) in [7, 11) is 1.36. The second-order valence-electron chi connectivity index (χ2n) is 4.73. The molecule has 2 aromatic rings. The van der Waals surface area contributed by atoms with Gasteiger partial charge in [0.25, 0.3) is 0 Å². The lowest BCUT2D eigenvalue weighted by Gasteiger charge is -2.17. The van der Waals surface area contributed by atoms with Gasteiger partial charge in [-0.25, -0.2) is 9.18 Å². The third kappa shape index (κ3) is 4.58. The van der Waals surface area contributed by atoms with Gasteiger partial charge in [-0.3, -0.25) is 0 Å². The van der Waals surface area contributed by atoms with E-state index in [1.807, 2.05) is 0 Å². The summed E-state index contributed by atoms with van der Waals surface area (Å²) in [5, 5.41) is 15.1. The number of anilines is 1. The zero-order valence-corrected chi connectivity index (χ0v) is 13.1. The first-order chi connectivity index (χ1) is 11.0. The number of benzene rings is 2. The van der Waals surface area contributed by atoms with Gasteiger partial charge in [-0.05, 0) is 29.8 Å². The van der Waals surface area contributed by atoms with Crippen LogP contribution in [0.5, 0.6) is 5.75 Å². The molecule has 23 heavy (non-hydrogen) atoms. The highest BCUT2D eigenvalue weighted by molar-refractivity contribution is 6.30. The van der Waals surface area contributed by atoms with Crippen LogP contribution in [0.2, 0.25) is 5.02 Å². The van der Waals surface area contributed by atoms with Crippen LogP contribution in [-0.2, 0) is 0 Å². The Morgan fingerprint density at radius 2 is 2.00 bits per heavy atom. The van der Waals surface area contributed by atoms with Crippen LogP contribution in [0.4, 0.5) is 14.9 Å². The van der Waals surface area contributed by atoms with Crippen LogP contribution in [-0.4, -0.2) is 24.9 Å². The molecule has 7 heteroatoms. The highest BCUT2D eigenvalue weighted by Crippen LogP contribution is 2.21. The molecule has 3 N–H and O–H groups in total. The summed E-state index contributed by atoms with van der Waals surface area (Å²) in [4.78, 5) is 12.0. The second-order valence-corrected chi connectivity index (χ2v) is 5.17. The minimum Gasteiger partial charge on any atom is -0.494 e. The van der Waals surface area contributed by atoms with Gasteiger partial charge >= 0.3 is 6.03 Å². The van der Waals surface area contributed by atoms with Crippen molar-refractivity contribution in [2.24, 2.45) is 0 Å². The quantitative estimate of drug-likeness (QED) is 0.783. The van der Waals surface area contributed by atoms with Gasteiger partial charge in [-0.15, -0.1) is 0 Å². The number of hydrogen-bond donors (Lipinski definition) is 3. The highest BCUT2D eigenvalue weighted by atomic mass is 35.5. The number of methoxy groups -OCH3 is 1. The Morgan fingerprint density at radius 1 is 1.30 bits per heavy atom. The molecule has 1 unspecified atom stereocenters. The minimum atomic E-state index is -0.602. The summed E-state index contributed by atoms with van der Waals surface area (Å²) in [6.45, 7) is -0.286. The smallest absolute Gasteiger partial charge is 0.319 e. The topological polar surface area (TPSA) is 70.6 Å². The third-order valence-corrected chi connectivity index (χ3v) is 3.42. The summed E-state index contributed by atoms with van der Waals surface area (Å²) in [6, 6.07) is 9.64. The minimum absolute atomic E-state index is 0.0883. The molecule has 0 heterocycles. The van der Waals surface area contributed by atoms with Crippen molar-refractivity contribution in [1.82, 2.24) is 5.32 Å². The predicted octanol–water partition coefficient (Wildman–Crippen LogP) is 3.34. The summed E-state index contributed by atoms with van der Waals surface area (Å²) in [5.74, 6) is -0.493.